The highest BCUT2D eigenvalue weighted by atomic mass is 19.1. The molecule has 0 aliphatic heterocycles. The topological polar surface area (TPSA) is 55.1 Å². The molecular weight excluding hydrogens is 175 g/mol. The van der Waals surface area contributed by atoms with E-state index in [0.29, 0.717) is 5.82 Å². The molecule has 0 amide bonds. The zero-order chi connectivity index (χ0) is 10.0. The Hall–Kier alpha value is -1.39. The number of hydrogen-bond donors (Lipinski definition) is 1. The molecule has 1 aromatic rings. The molecule has 0 fully saturated rings. The number of rotatable bonds is 3. The average Bonchev–Trinajstić information content (AvgIpc) is 2.48. The zero-order valence-corrected chi connectivity index (χ0v) is 7.44. The minimum Gasteiger partial charge on any atom is -0.479 e. The minimum absolute atomic E-state index is 0.440. The monoisotopic (exact) mass is 186 g/mol. The standard InChI is InChI=1S/C8H11FN2O2/c1-5(6(9)8(12)13)7-10-3-4-11(7)2/h3-6H,1-2H3,(H,12,13). The third-order valence-electron chi connectivity index (χ3n) is 1.94. The van der Waals surface area contributed by atoms with Crippen LogP contribution in [0.2, 0.25) is 0 Å². The Morgan fingerprint density at radius 3 is 2.77 bits per heavy atom. The lowest BCUT2D eigenvalue weighted by Crippen LogP contribution is -2.23. The van der Waals surface area contributed by atoms with E-state index in [1.54, 1.807) is 17.8 Å². The molecular formula is C8H11FN2O2. The van der Waals surface area contributed by atoms with Crippen LogP contribution in [0.4, 0.5) is 4.39 Å². The van der Waals surface area contributed by atoms with Gasteiger partial charge in [-0.05, 0) is 0 Å². The molecule has 0 radical (unpaired) electrons. The highest BCUT2D eigenvalue weighted by molar-refractivity contribution is 5.73. The highest BCUT2D eigenvalue weighted by Crippen LogP contribution is 2.19. The van der Waals surface area contributed by atoms with Crippen molar-refractivity contribution >= 4 is 5.97 Å². The molecule has 5 heteroatoms. The summed E-state index contributed by atoms with van der Waals surface area (Å²) in [5.74, 6) is -1.73. The van der Waals surface area contributed by atoms with Crippen molar-refractivity contribution < 1.29 is 14.3 Å². The Morgan fingerprint density at radius 2 is 2.38 bits per heavy atom. The summed E-state index contributed by atoms with van der Waals surface area (Å²) in [6.45, 7) is 1.50. The van der Waals surface area contributed by atoms with E-state index in [4.69, 9.17) is 5.11 Å². The van der Waals surface area contributed by atoms with Crippen LogP contribution in [0.25, 0.3) is 0 Å². The third-order valence-corrected chi connectivity index (χ3v) is 1.94. The number of aromatic nitrogens is 2. The highest BCUT2D eigenvalue weighted by Gasteiger charge is 2.27. The molecule has 1 aromatic heterocycles. The molecule has 0 bridgehead atoms. The lowest BCUT2D eigenvalue weighted by atomic mass is 10.1. The minimum atomic E-state index is -1.90. The molecule has 13 heavy (non-hydrogen) atoms. The van der Waals surface area contributed by atoms with Crippen LogP contribution in [0.1, 0.15) is 18.7 Å². The predicted molar refractivity (Wildman–Crippen MR) is 44.2 cm³/mol. The van der Waals surface area contributed by atoms with E-state index < -0.39 is 18.1 Å². The summed E-state index contributed by atoms with van der Waals surface area (Å²) in [6.07, 6.45) is 1.27. The fourth-order valence-electron chi connectivity index (χ4n) is 1.16. The molecule has 0 spiro atoms. The maximum atomic E-state index is 13.0. The van der Waals surface area contributed by atoms with Gasteiger partial charge >= 0.3 is 5.97 Å². The van der Waals surface area contributed by atoms with Crippen LogP contribution in [0.15, 0.2) is 12.4 Å². The number of hydrogen-bond acceptors (Lipinski definition) is 2. The number of imidazole rings is 1. The Morgan fingerprint density at radius 1 is 1.77 bits per heavy atom. The van der Waals surface area contributed by atoms with Crippen molar-refractivity contribution in [3.05, 3.63) is 18.2 Å². The van der Waals surface area contributed by atoms with E-state index in [2.05, 4.69) is 4.98 Å². The molecule has 72 valence electrons. The van der Waals surface area contributed by atoms with E-state index in [-0.39, 0.29) is 0 Å². The number of nitrogens with zero attached hydrogens (tertiary/aromatic N) is 2. The molecule has 4 nitrogen and oxygen atoms in total. The second-order valence-corrected chi connectivity index (χ2v) is 2.93. The number of aliphatic carboxylic acids is 1. The Kier molecular flexibility index (Phi) is 2.65. The van der Waals surface area contributed by atoms with Crippen LogP contribution in [0, 0.1) is 0 Å². The summed E-state index contributed by atoms with van der Waals surface area (Å²) < 4.78 is 14.6. The van der Waals surface area contributed by atoms with Gasteiger partial charge in [-0.2, -0.15) is 0 Å². The lowest BCUT2D eigenvalue weighted by Gasteiger charge is -2.12. The summed E-state index contributed by atoms with van der Waals surface area (Å²) in [6, 6.07) is 0. The van der Waals surface area contributed by atoms with Crippen molar-refractivity contribution in [3.8, 4) is 0 Å². The van der Waals surface area contributed by atoms with Gasteiger partial charge in [0, 0.05) is 19.4 Å². The van der Waals surface area contributed by atoms with E-state index in [1.807, 2.05) is 0 Å². The van der Waals surface area contributed by atoms with Crippen molar-refractivity contribution in [2.45, 2.75) is 19.0 Å². The largest absolute Gasteiger partial charge is 0.479 e. The second-order valence-electron chi connectivity index (χ2n) is 2.93. The molecule has 2 atom stereocenters. The molecule has 1 heterocycles. The quantitative estimate of drug-likeness (QED) is 0.764. The van der Waals surface area contributed by atoms with Gasteiger partial charge in [-0.1, -0.05) is 6.92 Å². The SMILES string of the molecule is CC(c1nccn1C)C(F)C(=O)O. The van der Waals surface area contributed by atoms with Crippen LogP contribution in [-0.4, -0.2) is 26.8 Å². The third kappa shape index (κ3) is 1.85. The molecule has 0 aliphatic carbocycles. The fraction of sp³-hybridized carbons (Fsp3) is 0.500. The van der Waals surface area contributed by atoms with E-state index in [0.717, 1.165) is 0 Å². The van der Waals surface area contributed by atoms with Crippen LogP contribution < -0.4 is 0 Å². The van der Waals surface area contributed by atoms with Gasteiger partial charge in [-0.25, -0.2) is 14.2 Å². The van der Waals surface area contributed by atoms with Crippen molar-refractivity contribution in [1.29, 1.82) is 0 Å². The van der Waals surface area contributed by atoms with Crippen molar-refractivity contribution in [3.63, 3.8) is 0 Å². The first-order chi connectivity index (χ1) is 6.04. The number of aryl methyl sites for hydroxylation is 1. The Labute approximate surface area is 75.0 Å². The van der Waals surface area contributed by atoms with Crippen molar-refractivity contribution in [1.82, 2.24) is 9.55 Å². The summed E-state index contributed by atoms with van der Waals surface area (Å²) in [5.41, 5.74) is 0. The first-order valence-electron chi connectivity index (χ1n) is 3.88. The Balaban J connectivity index is 2.85. The molecule has 1 N–H and O–H groups in total. The van der Waals surface area contributed by atoms with Gasteiger partial charge in [0.1, 0.15) is 5.82 Å². The summed E-state index contributed by atoms with van der Waals surface area (Å²) in [7, 11) is 1.70. The first-order valence-corrected chi connectivity index (χ1v) is 3.88. The van der Waals surface area contributed by atoms with Gasteiger partial charge in [0.05, 0.1) is 5.92 Å². The fourth-order valence-corrected chi connectivity index (χ4v) is 1.16. The molecule has 2 unspecified atom stereocenters. The molecule has 0 aliphatic rings. The number of alkyl halides is 1. The number of carboxylic acid groups (broad SMARTS) is 1. The molecule has 0 aromatic carbocycles. The van der Waals surface area contributed by atoms with Gasteiger partial charge in [-0.3, -0.25) is 0 Å². The molecule has 0 saturated carbocycles. The maximum Gasteiger partial charge on any atom is 0.339 e. The number of carbonyl (C=O) groups is 1. The molecule has 0 saturated heterocycles. The van der Waals surface area contributed by atoms with Crippen LogP contribution in [0.3, 0.4) is 0 Å². The molecule has 1 rings (SSSR count). The van der Waals surface area contributed by atoms with Gasteiger partial charge in [0.15, 0.2) is 0 Å². The van der Waals surface area contributed by atoms with Gasteiger partial charge in [-0.15, -0.1) is 0 Å². The number of carboxylic acids is 1. The van der Waals surface area contributed by atoms with E-state index in [1.165, 1.54) is 13.1 Å². The lowest BCUT2D eigenvalue weighted by molar-refractivity contribution is -0.143. The smallest absolute Gasteiger partial charge is 0.339 e. The van der Waals surface area contributed by atoms with E-state index in [9.17, 15) is 9.18 Å². The van der Waals surface area contributed by atoms with Crippen LogP contribution in [0.5, 0.6) is 0 Å². The van der Waals surface area contributed by atoms with Crippen LogP contribution in [-0.2, 0) is 11.8 Å². The van der Waals surface area contributed by atoms with Crippen LogP contribution >= 0.6 is 0 Å². The maximum absolute atomic E-state index is 13.0. The van der Waals surface area contributed by atoms with E-state index >= 15 is 0 Å². The van der Waals surface area contributed by atoms with Gasteiger partial charge < -0.3 is 9.67 Å². The zero-order valence-electron chi connectivity index (χ0n) is 7.44. The van der Waals surface area contributed by atoms with Gasteiger partial charge in [0.25, 0.3) is 0 Å². The first kappa shape index (κ1) is 9.70. The summed E-state index contributed by atoms with van der Waals surface area (Å²) >= 11 is 0. The predicted octanol–water partition coefficient (Wildman–Crippen LogP) is 0.946. The van der Waals surface area contributed by atoms with Crippen molar-refractivity contribution in [2.75, 3.05) is 0 Å². The summed E-state index contributed by atoms with van der Waals surface area (Å²) in [4.78, 5) is 14.2. The van der Waals surface area contributed by atoms with Gasteiger partial charge in [0.2, 0.25) is 6.17 Å². The number of halogens is 1. The average molecular weight is 186 g/mol. The second kappa shape index (κ2) is 3.55. The normalized spacial score (nSPS) is 15.3. The summed E-state index contributed by atoms with van der Waals surface area (Å²) in [5, 5.41) is 8.43. The van der Waals surface area contributed by atoms with Crippen molar-refractivity contribution in [2.24, 2.45) is 7.05 Å². The Bertz CT molecular complexity index is 311.